The maximum Gasteiger partial charge on any atom is 0.263 e. The van der Waals surface area contributed by atoms with Crippen LogP contribution in [-0.4, -0.2) is 42.5 Å². The number of thioether (sulfide) groups is 1. The first kappa shape index (κ1) is 20.6. The fourth-order valence-corrected chi connectivity index (χ4v) is 4.91. The van der Waals surface area contributed by atoms with E-state index in [1.165, 1.54) is 22.9 Å². The van der Waals surface area contributed by atoms with Crippen molar-refractivity contribution >= 4 is 35.0 Å². The van der Waals surface area contributed by atoms with E-state index in [1.807, 2.05) is 24.3 Å². The lowest BCUT2D eigenvalue weighted by atomic mass is 10.0. The molecular weight excluding hydrogens is 426 g/mol. The summed E-state index contributed by atoms with van der Waals surface area (Å²) in [5.41, 5.74) is 4.64. The molecule has 0 fully saturated rings. The van der Waals surface area contributed by atoms with Gasteiger partial charge in [0.15, 0.2) is 0 Å². The number of carbonyl (C=O) groups is 1. The molecule has 9 heteroatoms. The van der Waals surface area contributed by atoms with Crippen molar-refractivity contribution in [3.63, 3.8) is 0 Å². The van der Waals surface area contributed by atoms with E-state index in [-0.39, 0.29) is 5.91 Å². The van der Waals surface area contributed by atoms with Crippen molar-refractivity contribution in [2.75, 3.05) is 36.9 Å². The number of carbonyl (C=O) groups excluding carboxylic acids is 1. The van der Waals surface area contributed by atoms with E-state index >= 15 is 0 Å². The summed E-state index contributed by atoms with van der Waals surface area (Å²) in [6.07, 6.45) is 2.62. The van der Waals surface area contributed by atoms with Gasteiger partial charge in [-0.3, -0.25) is 9.69 Å². The quantitative estimate of drug-likeness (QED) is 0.572. The Morgan fingerprint density at radius 3 is 2.72 bits per heavy atom. The lowest BCUT2D eigenvalue weighted by Gasteiger charge is -2.29. The van der Waals surface area contributed by atoms with Crippen LogP contribution in [0.15, 0.2) is 47.6 Å². The number of benzene rings is 2. The van der Waals surface area contributed by atoms with Gasteiger partial charge in [-0.15, -0.1) is 0 Å². The fourth-order valence-electron chi connectivity index (χ4n) is 3.96. The van der Waals surface area contributed by atoms with E-state index < -0.39 is 0 Å². The molecule has 164 valence electrons. The SMILES string of the molecule is COc1cccc(OC)c1N1CSc2nc(Nc3ccc4c(c3)CNCC4)ncc2C1=O. The van der Waals surface area contributed by atoms with E-state index in [9.17, 15) is 4.79 Å². The molecular formula is C23H23N5O3S. The van der Waals surface area contributed by atoms with Crippen molar-refractivity contribution in [3.05, 3.63) is 59.3 Å². The molecule has 1 amide bonds. The van der Waals surface area contributed by atoms with Crippen LogP contribution in [0.1, 0.15) is 21.5 Å². The van der Waals surface area contributed by atoms with Gasteiger partial charge in [0.05, 0.1) is 25.7 Å². The molecule has 3 heterocycles. The number of para-hydroxylation sites is 1. The topological polar surface area (TPSA) is 88.6 Å². The van der Waals surface area contributed by atoms with Crippen LogP contribution in [0.3, 0.4) is 0 Å². The Morgan fingerprint density at radius 1 is 1.12 bits per heavy atom. The van der Waals surface area contributed by atoms with Crippen LogP contribution in [0.25, 0.3) is 0 Å². The van der Waals surface area contributed by atoms with Crippen LogP contribution in [0, 0.1) is 0 Å². The number of hydrogen-bond donors (Lipinski definition) is 2. The molecule has 1 aromatic heterocycles. The molecule has 0 aliphatic carbocycles. The van der Waals surface area contributed by atoms with Crippen LogP contribution < -0.4 is 25.0 Å². The zero-order valence-electron chi connectivity index (χ0n) is 17.8. The van der Waals surface area contributed by atoms with Crippen LogP contribution in [0.4, 0.5) is 17.3 Å². The highest BCUT2D eigenvalue weighted by atomic mass is 32.2. The first-order valence-electron chi connectivity index (χ1n) is 10.3. The Morgan fingerprint density at radius 2 is 1.94 bits per heavy atom. The Hall–Kier alpha value is -3.30. The molecule has 2 N–H and O–H groups in total. The summed E-state index contributed by atoms with van der Waals surface area (Å²) in [5, 5.41) is 7.31. The minimum Gasteiger partial charge on any atom is -0.494 e. The van der Waals surface area contributed by atoms with Gasteiger partial charge in [-0.25, -0.2) is 9.97 Å². The first-order valence-corrected chi connectivity index (χ1v) is 11.3. The number of methoxy groups -OCH3 is 2. The zero-order valence-corrected chi connectivity index (χ0v) is 18.7. The standard InChI is InChI=1S/C23H23N5O3S/c1-30-18-4-3-5-19(31-2)20(18)28-13-32-21-17(22(28)29)12-25-23(27-21)26-16-7-6-14-8-9-24-11-15(14)10-16/h3-7,10,12,24H,8-9,11,13H2,1-2H3,(H,25,26,27). The van der Waals surface area contributed by atoms with E-state index in [2.05, 4.69) is 32.7 Å². The monoisotopic (exact) mass is 449 g/mol. The van der Waals surface area contributed by atoms with Crippen LogP contribution in [0.2, 0.25) is 0 Å². The normalized spacial score (nSPS) is 15.1. The molecule has 2 aliphatic rings. The minimum atomic E-state index is -0.187. The third kappa shape index (κ3) is 3.74. The zero-order chi connectivity index (χ0) is 22.1. The molecule has 0 radical (unpaired) electrons. The second kappa shape index (κ2) is 8.68. The molecule has 3 aromatic rings. The summed E-state index contributed by atoms with van der Waals surface area (Å²) >= 11 is 1.47. The number of rotatable bonds is 5. The molecule has 2 aromatic carbocycles. The number of anilines is 3. The van der Waals surface area contributed by atoms with E-state index in [0.29, 0.717) is 39.6 Å². The highest BCUT2D eigenvalue weighted by Crippen LogP contribution is 2.42. The highest BCUT2D eigenvalue weighted by Gasteiger charge is 2.31. The molecule has 0 bridgehead atoms. The van der Waals surface area contributed by atoms with Gasteiger partial charge < -0.3 is 20.1 Å². The lowest BCUT2D eigenvalue weighted by molar-refractivity contribution is 0.0984. The summed E-state index contributed by atoms with van der Waals surface area (Å²) in [5.74, 6) is 1.82. The fraction of sp³-hybridized carbons (Fsp3) is 0.261. The van der Waals surface area contributed by atoms with E-state index in [0.717, 1.165) is 25.2 Å². The van der Waals surface area contributed by atoms with Gasteiger partial charge in [0.25, 0.3) is 5.91 Å². The number of ether oxygens (including phenoxy) is 2. The molecule has 0 atom stereocenters. The summed E-state index contributed by atoms with van der Waals surface area (Å²) in [6, 6.07) is 11.8. The van der Waals surface area contributed by atoms with Gasteiger partial charge in [0.1, 0.15) is 22.2 Å². The number of nitrogens with one attached hydrogen (secondary N) is 2. The van der Waals surface area contributed by atoms with Crippen LogP contribution in [0.5, 0.6) is 11.5 Å². The largest absolute Gasteiger partial charge is 0.494 e. The maximum atomic E-state index is 13.3. The van der Waals surface area contributed by atoms with Crippen molar-refractivity contribution in [1.29, 1.82) is 0 Å². The number of aromatic nitrogens is 2. The predicted molar refractivity (Wildman–Crippen MR) is 124 cm³/mol. The Bertz CT molecular complexity index is 1160. The third-order valence-electron chi connectivity index (χ3n) is 5.58. The molecule has 0 spiro atoms. The van der Waals surface area contributed by atoms with E-state index in [4.69, 9.17) is 9.47 Å². The minimum absolute atomic E-state index is 0.187. The van der Waals surface area contributed by atoms with Gasteiger partial charge in [0.2, 0.25) is 5.95 Å². The second-order valence-corrected chi connectivity index (χ2v) is 8.40. The highest BCUT2D eigenvalue weighted by molar-refractivity contribution is 7.99. The van der Waals surface area contributed by atoms with Crippen molar-refractivity contribution in [2.45, 2.75) is 18.0 Å². The van der Waals surface area contributed by atoms with Gasteiger partial charge in [-0.05, 0) is 48.4 Å². The molecule has 0 unspecified atom stereocenters. The molecule has 32 heavy (non-hydrogen) atoms. The van der Waals surface area contributed by atoms with Crippen molar-refractivity contribution in [2.24, 2.45) is 0 Å². The Balaban J connectivity index is 1.41. The lowest BCUT2D eigenvalue weighted by Crippen LogP contribution is -2.35. The van der Waals surface area contributed by atoms with Gasteiger partial charge in [0, 0.05) is 18.4 Å². The third-order valence-corrected chi connectivity index (χ3v) is 6.55. The number of hydrogen-bond acceptors (Lipinski definition) is 8. The molecule has 5 rings (SSSR count). The molecule has 2 aliphatic heterocycles. The van der Waals surface area contributed by atoms with Crippen molar-refractivity contribution in [3.8, 4) is 11.5 Å². The molecule has 0 saturated carbocycles. The molecule has 0 saturated heterocycles. The summed E-state index contributed by atoms with van der Waals surface area (Å²) in [6.45, 7) is 1.87. The maximum absolute atomic E-state index is 13.3. The van der Waals surface area contributed by atoms with Gasteiger partial charge in [-0.2, -0.15) is 0 Å². The van der Waals surface area contributed by atoms with Crippen molar-refractivity contribution < 1.29 is 14.3 Å². The summed E-state index contributed by atoms with van der Waals surface area (Å²) < 4.78 is 10.9. The number of fused-ring (bicyclic) bond motifs is 2. The Kier molecular flexibility index (Phi) is 5.59. The van der Waals surface area contributed by atoms with Crippen LogP contribution in [-0.2, 0) is 13.0 Å². The Labute approximate surface area is 190 Å². The summed E-state index contributed by atoms with van der Waals surface area (Å²) in [7, 11) is 3.15. The van der Waals surface area contributed by atoms with Crippen molar-refractivity contribution in [1.82, 2.24) is 15.3 Å². The number of nitrogens with zero attached hydrogens (tertiary/aromatic N) is 3. The van der Waals surface area contributed by atoms with Gasteiger partial charge in [-0.1, -0.05) is 23.9 Å². The number of amides is 1. The first-order chi connectivity index (χ1) is 15.7. The van der Waals surface area contributed by atoms with Gasteiger partial charge >= 0.3 is 0 Å². The summed E-state index contributed by atoms with van der Waals surface area (Å²) in [4.78, 5) is 23.9. The molecule has 8 nitrogen and oxygen atoms in total. The predicted octanol–water partition coefficient (Wildman–Crippen LogP) is 3.59. The second-order valence-electron chi connectivity index (χ2n) is 7.47. The average molecular weight is 450 g/mol. The van der Waals surface area contributed by atoms with Crippen LogP contribution >= 0.6 is 11.8 Å². The average Bonchev–Trinajstić information content (AvgIpc) is 2.84. The smallest absolute Gasteiger partial charge is 0.263 e. The van der Waals surface area contributed by atoms with E-state index in [1.54, 1.807) is 25.3 Å².